The summed E-state index contributed by atoms with van der Waals surface area (Å²) in [4.78, 5) is 48.9. The number of nitrogens with zero attached hydrogens (tertiary/aromatic N) is 3. The summed E-state index contributed by atoms with van der Waals surface area (Å²) in [6.07, 6.45) is 3.75. The summed E-state index contributed by atoms with van der Waals surface area (Å²) in [7, 11) is 1.63. The number of rotatable bonds is 18. The van der Waals surface area contributed by atoms with Gasteiger partial charge in [-0.1, -0.05) is 19.1 Å². The Kier molecular flexibility index (Phi) is 14.2. The van der Waals surface area contributed by atoms with Gasteiger partial charge in [-0.15, -0.1) is 5.10 Å². The van der Waals surface area contributed by atoms with E-state index in [1.54, 1.807) is 25.6 Å². The van der Waals surface area contributed by atoms with Gasteiger partial charge in [0.05, 0.1) is 36.0 Å². The molecule has 0 aliphatic carbocycles. The number of Topliss-reactive ketones (excluding diaryl/α,β-unsaturated/α-hetero) is 1. The number of aromatic nitrogens is 3. The molecule has 1 heterocycles. The van der Waals surface area contributed by atoms with Crippen molar-refractivity contribution in [3.63, 3.8) is 0 Å². The van der Waals surface area contributed by atoms with Crippen molar-refractivity contribution in [1.82, 2.24) is 36.3 Å². The number of ether oxygens (including phenoxy) is 1. The van der Waals surface area contributed by atoms with E-state index >= 15 is 0 Å². The molecule has 2 unspecified atom stereocenters. The predicted octanol–water partition coefficient (Wildman–Crippen LogP) is 1.36. The summed E-state index contributed by atoms with van der Waals surface area (Å²) in [5.74, 6) is -0.961. The summed E-state index contributed by atoms with van der Waals surface area (Å²) >= 11 is 0. The summed E-state index contributed by atoms with van der Waals surface area (Å²) in [6, 6.07) is -1.99. The van der Waals surface area contributed by atoms with Crippen molar-refractivity contribution in [3.8, 4) is 0 Å². The molecule has 13 heteroatoms. The second-order valence-corrected chi connectivity index (χ2v) is 11.9. The molecule has 1 rings (SSSR count). The standard InChI is InChI=1S/C27H50N8O5/c1-18(2)23(37)20(10-9-14-30-25(28)39)32-24(38)21(29-8)11-12-22(36)31-16-19-17-35(34-33-19)27(6,7)13-15-40-26(3,4)5/h17-18,20-21,29H,9-16H2,1-8H3,(H,31,36)(H,32,38)(H3,28,30,39). The number of likely N-dealkylation sites (N-methyl/N-ethyl adjacent to an activating group) is 1. The number of carbonyl (C=O) groups excluding carboxylic acids is 4. The number of ketones is 1. The lowest BCUT2D eigenvalue weighted by atomic mass is 9.97. The second kappa shape index (κ2) is 16.3. The molecule has 4 amide bonds. The highest BCUT2D eigenvalue weighted by atomic mass is 16.5. The highest BCUT2D eigenvalue weighted by Crippen LogP contribution is 2.20. The van der Waals surface area contributed by atoms with Crippen molar-refractivity contribution in [1.29, 1.82) is 0 Å². The van der Waals surface area contributed by atoms with E-state index in [0.717, 1.165) is 6.42 Å². The molecule has 0 spiro atoms. The van der Waals surface area contributed by atoms with Crippen LogP contribution in [0.4, 0.5) is 4.79 Å². The lowest BCUT2D eigenvalue weighted by Crippen LogP contribution is -2.50. The van der Waals surface area contributed by atoms with Crippen molar-refractivity contribution in [2.45, 2.75) is 110 Å². The SMILES string of the molecule is CNC(CCC(=O)NCc1cn(C(C)(C)CCOC(C)(C)C)nn1)C(=O)NC(CCCNC(N)=O)C(=O)C(C)C. The minimum Gasteiger partial charge on any atom is -0.376 e. The van der Waals surface area contributed by atoms with Crippen molar-refractivity contribution < 1.29 is 23.9 Å². The molecule has 0 radical (unpaired) electrons. The first-order valence-electron chi connectivity index (χ1n) is 13.9. The molecule has 0 saturated heterocycles. The Morgan fingerprint density at radius 2 is 1.73 bits per heavy atom. The van der Waals surface area contributed by atoms with Crippen molar-refractivity contribution in [3.05, 3.63) is 11.9 Å². The van der Waals surface area contributed by atoms with Crippen LogP contribution in [-0.4, -0.2) is 76.5 Å². The average Bonchev–Trinajstić information content (AvgIpc) is 3.33. The topological polar surface area (TPSA) is 182 Å². The van der Waals surface area contributed by atoms with Crippen LogP contribution in [-0.2, 0) is 31.2 Å². The molecule has 0 saturated carbocycles. The molecule has 40 heavy (non-hydrogen) atoms. The van der Waals surface area contributed by atoms with Gasteiger partial charge in [0.25, 0.3) is 0 Å². The highest BCUT2D eigenvalue weighted by Gasteiger charge is 2.27. The maximum atomic E-state index is 12.9. The van der Waals surface area contributed by atoms with E-state index in [9.17, 15) is 19.2 Å². The fourth-order valence-corrected chi connectivity index (χ4v) is 3.83. The Bertz CT molecular complexity index is 970. The monoisotopic (exact) mass is 566 g/mol. The number of hydrogen-bond acceptors (Lipinski definition) is 8. The molecule has 1 aromatic rings. The molecule has 0 aromatic carbocycles. The fraction of sp³-hybridized carbons (Fsp3) is 0.778. The molecular weight excluding hydrogens is 516 g/mol. The molecule has 0 aliphatic heterocycles. The van der Waals surface area contributed by atoms with Gasteiger partial charge in [0, 0.05) is 25.5 Å². The van der Waals surface area contributed by atoms with Crippen LogP contribution in [0.1, 0.15) is 86.3 Å². The fourth-order valence-electron chi connectivity index (χ4n) is 3.83. The summed E-state index contributed by atoms with van der Waals surface area (Å²) in [5.41, 5.74) is 5.19. The van der Waals surface area contributed by atoms with E-state index in [0.29, 0.717) is 31.7 Å². The first kappa shape index (κ1) is 35.0. The number of carbonyl (C=O) groups is 4. The number of nitrogens with two attached hydrogens (primary N) is 1. The van der Waals surface area contributed by atoms with Crippen LogP contribution < -0.4 is 27.0 Å². The second-order valence-electron chi connectivity index (χ2n) is 11.9. The Hall–Kier alpha value is -3.06. The van der Waals surface area contributed by atoms with E-state index in [-0.39, 0.29) is 54.0 Å². The van der Waals surface area contributed by atoms with Gasteiger partial charge in [0.15, 0.2) is 5.78 Å². The number of hydrogen-bond donors (Lipinski definition) is 5. The minimum absolute atomic E-state index is 0.0991. The van der Waals surface area contributed by atoms with Gasteiger partial charge in [0.2, 0.25) is 11.8 Å². The minimum atomic E-state index is -0.696. The van der Waals surface area contributed by atoms with Gasteiger partial charge in [-0.05, 0) is 67.3 Å². The number of primary amides is 1. The Morgan fingerprint density at radius 3 is 2.30 bits per heavy atom. The average molecular weight is 567 g/mol. The lowest BCUT2D eigenvalue weighted by Gasteiger charge is -2.27. The predicted molar refractivity (Wildman–Crippen MR) is 152 cm³/mol. The third-order valence-corrected chi connectivity index (χ3v) is 6.40. The summed E-state index contributed by atoms with van der Waals surface area (Å²) in [5, 5.41) is 19.4. The number of nitrogens with one attached hydrogen (secondary N) is 4. The largest absolute Gasteiger partial charge is 0.376 e. The third kappa shape index (κ3) is 13.3. The van der Waals surface area contributed by atoms with E-state index in [1.165, 1.54) is 0 Å². The van der Waals surface area contributed by atoms with Crippen molar-refractivity contribution >= 4 is 23.6 Å². The van der Waals surface area contributed by atoms with Crippen LogP contribution in [0, 0.1) is 5.92 Å². The molecule has 1 aromatic heterocycles. The zero-order chi connectivity index (χ0) is 30.5. The van der Waals surface area contributed by atoms with Gasteiger partial charge >= 0.3 is 6.03 Å². The maximum Gasteiger partial charge on any atom is 0.312 e. The molecule has 0 fully saturated rings. The molecule has 0 bridgehead atoms. The van der Waals surface area contributed by atoms with E-state index in [1.807, 2.05) is 27.0 Å². The highest BCUT2D eigenvalue weighted by molar-refractivity contribution is 5.92. The Morgan fingerprint density at radius 1 is 1.05 bits per heavy atom. The normalized spacial score (nSPS) is 13.5. The summed E-state index contributed by atoms with van der Waals surface area (Å²) in [6.45, 7) is 14.8. The van der Waals surface area contributed by atoms with Gasteiger partial charge in [0.1, 0.15) is 5.69 Å². The molecule has 228 valence electrons. The van der Waals surface area contributed by atoms with Crippen LogP contribution in [0.15, 0.2) is 6.20 Å². The van der Waals surface area contributed by atoms with Crippen LogP contribution in [0.5, 0.6) is 0 Å². The first-order valence-corrected chi connectivity index (χ1v) is 13.9. The molecule has 13 nitrogen and oxygen atoms in total. The zero-order valence-corrected chi connectivity index (χ0v) is 25.4. The smallest absolute Gasteiger partial charge is 0.312 e. The van der Waals surface area contributed by atoms with E-state index in [2.05, 4.69) is 45.4 Å². The van der Waals surface area contributed by atoms with Crippen LogP contribution in [0.2, 0.25) is 0 Å². The number of amides is 4. The molecular formula is C27H50N8O5. The first-order chi connectivity index (χ1) is 18.6. The third-order valence-electron chi connectivity index (χ3n) is 6.40. The Labute approximate surface area is 238 Å². The van der Waals surface area contributed by atoms with Gasteiger partial charge < -0.3 is 31.7 Å². The van der Waals surface area contributed by atoms with Crippen molar-refractivity contribution in [2.75, 3.05) is 20.2 Å². The van der Waals surface area contributed by atoms with Crippen LogP contribution in [0.3, 0.4) is 0 Å². The lowest BCUT2D eigenvalue weighted by molar-refractivity contribution is -0.131. The van der Waals surface area contributed by atoms with Gasteiger partial charge in [-0.25, -0.2) is 9.48 Å². The van der Waals surface area contributed by atoms with Crippen molar-refractivity contribution in [2.24, 2.45) is 11.7 Å². The number of urea groups is 1. The quantitative estimate of drug-likeness (QED) is 0.165. The maximum absolute atomic E-state index is 12.9. The van der Waals surface area contributed by atoms with Gasteiger partial charge in [-0.3, -0.25) is 14.4 Å². The Balaban J connectivity index is 2.58. The van der Waals surface area contributed by atoms with Crippen LogP contribution in [0.25, 0.3) is 0 Å². The van der Waals surface area contributed by atoms with E-state index < -0.39 is 18.1 Å². The van der Waals surface area contributed by atoms with Crippen LogP contribution >= 0.6 is 0 Å². The van der Waals surface area contributed by atoms with E-state index in [4.69, 9.17) is 10.5 Å². The molecule has 0 aliphatic rings. The summed E-state index contributed by atoms with van der Waals surface area (Å²) < 4.78 is 7.61. The molecule has 2 atom stereocenters. The molecule has 6 N–H and O–H groups in total. The van der Waals surface area contributed by atoms with Gasteiger partial charge in [-0.2, -0.15) is 0 Å². The zero-order valence-electron chi connectivity index (χ0n) is 25.4.